The number of aldehydes is 1. The Balaban J connectivity index is 2.14. The predicted molar refractivity (Wildman–Crippen MR) is 70.3 cm³/mol. The van der Waals surface area contributed by atoms with Crippen LogP contribution in [0.1, 0.15) is 21.5 Å². The van der Waals surface area contributed by atoms with Gasteiger partial charge < -0.3 is 5.32 Å². The molecule has 0 spiro atoms. The summed E-state index contributed by atoms with van der Waals surface area (Å²) in [4.78, 5) is 11.0. The molecule has 0 atom stereocenters. The zero-order valence-corrected chi connectivity index (χ0v) is 9.81. The van der Waals surface area contributed by atoms with Gasteiger partial charge in [0.1, 0.15) is 0 Å². The van der Waals surface area contributed by atoms with Gasteiger partial charge in [0, 0.05) is 17.8 Å². The zero-order valence-electron chi connectivity index (χ0n) is 9.81. The number of rotatable bonds is 4. The number of nitrogens with one attached hydrogen (secondary N) is 1. The van der Waals surface area contributed by atoms with Crippen LogP contribution in [0.15, 0.2) is 48.5 Å². The summed E-state index contributed by atoms with van der Waals surface area (Å²) in [5, 5.41) is 3.29. The van der Waals surface area contributed by atoms with Gasteiger partial charge in [0.25, 0.3) is 0 Å². The molecule has 0 saturated carbocycles. The first-order valence-corrected chi connectivity index (χ1v) is 5.64. The molecule has 2 nitrogen and oxygen atoms in total. The number of aryl methyl sites for hydroxylation is 1. The van der Waals surface area contributed by atoms with Crippen LogP contribution in [-0.2, 0) is 6.54 Å². The van der Waals surface area contributed by atoms with Gasteiger partial charge >= 0.3 is 0 Å². The molecule has 0 saturated heterocycles. The fourth-order valence-corrected chi connectivity index (χ4v) is 1.78. The second kappa shape index (κ2) is 5.30. The van der Waals surface area contributed by atoms with E-state index in [1.54, 1.807) is 0 Å². The Kier molecular flexibility index (Phi) is 3.55. The molecule has 0 amide bonds. The highest BCUT2D eigenvalue weighted by atomic mass is 16.1. The minimum Gasteiger partial charge on any atom is -0.380 e. The van der Waals surface area contributed by atoms with Gasteiger partial charge in [-0.15, -0.1) is 0 Å². The van der Waals surface area contributed by atoms with Gasteiger partial charge in [-0.1, -0.05) is 42.5 Å². The molecule has 0 unspecified atom stereocenters. The van der Waals surface area contributed by atoms with Gasteiger partial charge in [0.2, 0.25) is 0 Å². The highest BCUT2D eigenvalue weighted by Crippen LogP contribution is 2.18. The first kappa shape index (κ1) is 11.4. The molecule has 0 aliphatic heterocycles. The van der Waals surface area contributed by atoms with Crippen molar-refractivity contribution >= 4 is 12.0 Å². The number of carbonyl (C=O) groups is 1. The van der Waals surface area contributed by atoms with Crippen molar-refractivity contribution in [3.63, 3.8) is 0 Å². The van der Waals surface area contributed by atoms with Gasteiger partial charge in [-0.05, 0) is 24.1 Å². The minimum atomic E-state index is 0.727. The van der Waals surface area contributed by atoms with E-state index in [1.165, 1.54) is 5.56 Å². The van der Waals surface area contributed by atoms with Crippen molar-refractivity contribution in [3.05, 3.63) is 65.2 Å². The number of anilines is 1. The van der Waals surface area contributed by atoms with Crippen LogP contribution in [0.2, 0.25) is 0 Å². The van der Waals surface area contributed by atoms with Gasteiger partial charge in [-0.2, -0.15) is 0 Å². The fourth-order valence-electron chi connectivity index (χ4n) is 1.78. The van der Waals surface area contributed by atoms with E-state index in [4.69, 9.17) is 0 Å². The Hall–Kier alpha value is -2.09. The Labute approximate surface area is 101 Å². The summed E-state index contributed by atoms with van der Waals surface area (Å²) in [6.45, 7) is 2.67. The van der Waals surface area contributed by atoms with Crippen molar-refractivity contribution in [2.45, 2.75) is 13.5 Å². The lowest BCUT2D eigenvalue weighted by molar-refractivity contribution is 0.112. The molecule has 0 aromatic heterocycles. The molecular weight excluding hydrogens is 210 g/mol. The van der Waals surface area contributed by atoms with E-state index in [0.717, 1.165) is 29.6 Å². The van der Waals surface area contributed by atoms with Gasteiger partial charge in [0.05, 0.1) is 0 Å². The summed E-state index contributed by atoms with van der Waals surface area (Å²) >= 11 is 0. The average Bonchev–Trinajstić information content (AvgIpc) is 2.37. The lowest BCUT2D eigenvalue weighted by atomic mass is 10.1. The van der Waals surface area contributed by atoms with Gasteiger partial charge in [-0.3, -0.25) is 4.79 Å². The average molecular weight is 225 g/mol. The third-order valence-electron chi connectivity index (χ3n) is 2.77. The lowest BCUT2D eigenvalue weighted by Gasteiger charge is -2.10. The van der Waals surface area contributed by atoms with E-state index in [-0.39, 0.29) is 0 Å². The molecule has 2 rings (SSSR count). The molecule has 0 bridgehead atoms. The quantitative estimate of drug-likeness (QED) is 0.808. The third-order valence-corrected chi connectivity index (χ3v) is 2.77. The maximum absolute atomic E-state index is 11.0. The molecule has 2 heteroatoms. The molecule has 0 aliphatic carbocycles. The molecular formula is C15H15NO. The molecule has 0 fully saturated rings. The Morgan fingerprint density at radius 2 is 1.82 bits per heavy atom. The topological polar surface area (TPSA) is 29.1 Å². The predicted octanol–water partition coefficient (Wildman–Crippen LogP) is 3.42. The van der Waals surface area contributed by atoms with Crippen molar-refractivity contribution < 1.29 is 4.79 Å². The number of hydrogen-bond donors (Lipinski definition) is 1. The van der Waals surface area contributed by atoms with E-state index < -0.39 is 0 Å². The van der Waals surface area contributed by atoms with Crippen LogP contribution in [0.3, 0.4) is 0 Å². The molecule has 2 aromatic carbocycles. The Bertz CT molecular complexity index is 506. The summed E-state index contributed by atoms with van der Waals surface area (Å²) < 4.78 is 0. The number of carbonyl (C=O) groups excluding carboxylic acids is 1. The van der Waals surface area contributed by atoms with Crippen LogP contribution in [0.25, 0.3) is 0 Å². The van der Waals surface area contributed by atoms with Gasteiger partial charge in [0.15, 0.2) is 6.29 Å². The largest absolute Gasteiger partial charge is 0.380 e. The summed E-state index contributed by atoms with van der Waals surface area (Å²) in [5.74, 6) is 0. The van der Waals surface area contributed by atoms with E-state index in [1.807, 2.05) is 43.3 Å². The summed E-state index contributed by atoms with van der Waals surface area (Å²) in [5.41, 5.74) is 3.83. The molecule has 0 heterocycles. The normalized spacial score (nSPS) is 9.94. The SMILES string of the molecule is Cc1cccc(NCc2ccccc2)c1C=O. The first-order chi connectivity index (χ1) is 8.31. The first-order valence-electron chi connectivity index (χ1n) is 5.64. The molecule has 2 aromatic rings. The van der Waals surface area contributed by atoms with Crippen molar-refractivity contribution in [2.75, 3.05) is 5.32 Å². The standard InChI is InChI=1S/C15H15NO/c1-12-6-5-9-15(14(12)11-17)16-10-13-7-3-2-4-8-13/h2-9,11,16H,10H2,1H3. The van der Waals surface area contributed by atoms with Crippen molar-refractivity contribution in [2.24, 2.45) is 0 Å². The molecule has 1 N–H and O–H groups in total. The van der Waals surface area contributed by atoms with Gasteiger partial charge in [-0.25, -0.2) is 0 Å². The second-order valence-electron chi connectivity index (χ2n) is 3.99. The maximum atomic E-state index is 11.0. The Morgan fingerprint density at radius 1 is 1.06 bits per heavy atom. The second-order valence-corrected chi connectivity index (χ2v) is 3.99. The third kappa shape index (κ3) is 2.72. The number of hydrogen-bond acceptors (Lipinski definition) is 2. The maximum Gasteiger partial charge on any atom is 0.152 e. The van der Waals surface area contributed by atoms with Crippen LogP contribution < -0.4 is 5.32 Å². The van der Waals surface area contributed by atoms with Crippen LogP contribution >= 0.6 is 0 Å². The highest BCUT2D eigenvalue weighted by molar-refractivity contribution is 5.86. The van der Waals surface area contributed by atoms with E-state index in [2.05, 4.69) is 17.4 Å². The number of benzene rings is 2. The van der Waals surface area contributed by atoms with Crippen molar-refractivity contribution in [3.8, 4) is 0 Å². The van der Waals surface area contributed by atoms with E-state index >= 15 is 0 Å². The summed E-state index contributed by atoms with van der Waals surface area (Å²) in [6, 6.07) is 16.0. The van der Waals surface area contributed by atoms with Crippen LogP contribution in [0.4, 0.5) is 5.69 Å². The lowest BCUT2D eigenvalue weighted by Crippen LogP contribution is -2.03. The Morgan fingerprint density at radius 3 is 2.53 bits per heavy atom. The summed E-state index contributed by atoms with van der Waals surface area (Å²) in [7, 11) is 0. The van der Waals surface area contributed by atoms with E-state index in [9.17, 15) is 4.79 Å². The smallest absolute Gasteiger partial charge is 0.152 e. The minimum absolute atomic E-state index is 0.727. The molecule has 17 heavy (non-hydrogen) atoms. The summed E-state index contributed by atoms with van der Waals surface area (Å²) in [6.07, 6.45) is 0.905. The van der Waals surface area contributed by atoms with Crippen LogP contribution in [-0.4, -0.2) is 6.29 Å². The van der Waals surface area contributed by atoms with Crippen LogP contribution in [0, 0.1) is 6.92 Å². The van der Waals surface area contributed by atoms with Crippen LogP contribution in [0.5, 0.6) is 0 Å². The fraction of sp³-hybridized carbons (Fsp3) is 0.133. The molecule has 0 radical (unpaired) electrons. The monoisotopic (exact) mass is 225 g/mol. The highest BCUT2D eigenvalue weighted by Gasteiger charge is 2.03. The van der Waals surface area contributed by atoms with E-state index in [0.29, 0.717) is 0 Å². The zero-order chi connectivity index (χ0) is 12.1. The van der Waals surface area contributed by atoms with Crippen molar-refractivity contribution in [1.82, 2.24) is 0 Å². The molecule has 0 aliphatic rings. The van der Waals surface area contributed by atoms with Crippen molar-refractivity contribution in [1.29, 1.82) is 0 Å². The molecule has 86 valence electrons.